The molecule has 6 nitrogen and oxygen atoms in total. The highest BCUT2D eigenvalue weighted by Gasteiger charge is 2.12. The second-order valence-electron chi connectivity index (χ2n) is 5.00. The average molecular weight is 310 g/mol. The Bertz CT molecular complexity index is 842. The molecule has 1 N–H and O–H groups in total. The molecule has 116 valence electrons. The molecule has 0 saturated heterocycles. The number of ether oxygens (including phenoxy) is 1. The number of benzene rings is 2. The largest absolute Gasteiger partial charge is 0.508 e. The third kappa shape index (κ3) is 3.55. The minimum absolute atomic E-state index is 0.000950. The van der Waals surface area contributed by atoms with E-state index in [1.807, 2.05) is 31.2 Å². The van der Waals surface area contributed by atoms with Crippen LogP contribution in [0.5, 0.6) is 5.75 Å². The van der Waals surface area contributed by atoms with E-state index in [1.165, 1.54) is 12.1 Å². The van der Waals surface area contributed by atoms with Crippen molar-refractivity contribution in [3.8, 4) is 17.2 Å². The first kappa shape index (κ1) is 14.8. The van der Waals surface area contributed by atoms with Crippen molar-refractivity contribution < 1.29 is 19.1 Å². The molecule has 0 saturated carbocycles. The smallest absolute Gasteiger partial charge is 0.338 e. The zero-order valence-electron chi connectivity index (χ0n) is 12.4. The quantitative estimate of drug-likeness (QED) is 0.745. The van der Waals surface area contributed by atoms with E-state index in [2.05, 4.69) is 10.2 Å². The van der Waals surface area contributed by atoms with Gasteiger partial charge in [-0.3, -0.25) is 0 Å². The Labute approximate surface area is 132 Å². The predicted octanol–water partition coefficient (Wildman–Crippen LogP) is 3.11. The first-order chi connectivity index (χ1) is 11.1. The van der Waals surface area contributed by atoms with Crippen molar-refractivity contribution in [1.29, 1.82) is 0 Å². The van der Waals surface area contributed by atoms with Gasteiger partial charge in [-0.2, -0.15) is 0 Å². The number of aromatic nitrogens is 2. The van der Waals surface area contributed by atoms with Gasteiger partial charge in [0, 0.05) is 5.56 Å². The van der Waals surface area contributed by atoms with Gasteiger partial charge in [-0.15, -0.1) is 10.2 Å². The van der Waals surface area contributed by atoms with Gasteiger partial charge in [0.2, 0.25) is 5.89 Å². The van der Waals surface area contributed by atoms with E-state index in [-0.39, 0.29) is 23.8 Å². The number of hydrogen-bond donors (Lipinski definition) is 1. The number of aromatic hydroxyl groups is 1. The summed E-state index contributed by atoms with van der Waals surface area (Å²) in [6, 6.07) is 13.6. The monoisotopic (exact) mass is 310 g/mol. The maximum atomic E-state index is 11.9. The number of carbonyl (C=O) groups excluding carboxylic acids is 1. The van der Waals surface area contributed by atoms with Gasteiger partial charge < -0.3 is 14.3 Å². The van der Waals surface area contributed by atoms with E-state index >= 15 is 0 Å². The molecule has 3 aromatic rings. The van der Waals surface area contributed by atoms with Crippen LogP contribution in [0.3, 0.4) is 0 Å². The highest BCUT2D eigenvalue weighted by atomic mass is 16.5. The summed E-state index contributed by atoms with van der Waals surface area (Å²) < 4.78 is 10.6. The van der Waals surface area contributed by atoms with Gasteiger partial charge in [0.15, 0.2) is 6.61 Å². The molecule has 0 unspecified atom stereocenters. The molecular formula is C17H14N2O4. The minimum atomic E-state index is -0.573. The molecule has 1 heterocycles. The first-order valence-corrected chi connectivity index (χ1v) is 6.97. The number of rotatable bonds is 4. The standard InChI is InChI=1S/C17H14N2O4/c1-11-4-2-5-12(8-11)16-19-18-15(23-16)10-22-17(21)13-6-3-7-14(20)9-13/h2-9,20H,10H2,1H3. The van der Waals surface area contributed by atoms with Gasteiger partial charge >= 0.3 is 5.97 Å². The van der Waals surface area contributed by atoms with Crippen LogP contribution < -0.4 is 0 Å². The molecule has 0 radical (unpaired) electrons. The summed E-state index contributed by atoms with van der Waals surface area (Å²) in [5.41, 5.74) is 2.14. The highest BCUT2D eigenvalue weighted by molar-refractivity contribution is 5.89. The Balaban J connectivity index is 1.67. The second kappa shape index (κ2) is 6.31. The van der Waals surface area contributed by atoms with Gasteiger partial charge in [0.05, 0.1) is 5.56 Å². The van der Waals surface area contributed by atoms with Crippen molar-refractivity contribution in [3.05, 3.63) is 65.5 Å². The number of esters is 1. The summed E-state index contributed by atoms with van der Waals surface area (Å²) in [5.74, 6) is 0.00212. The van der Waals surface area contributed by atoms with E-state index in [0.717, 1.165) is 11.1 Å². The van der Waals surface area contributed by atoms with Crippen LogP contribution in [0.15, 0.2) is 52.9 Å². The molecule has 0 aliphatic heterocycles. The summed E-state index contributed by atoms with van der Waals surface area (Å²) in [6.07, 6.45) is 0. The molecule has 23 heavy (non-hydrogen) atoms. The fourth-order valence-corrected chi connectivity index (χ4v) is 2.05. The third-order valence-corrected chi connectivity index (χ3v) is 3.14. The molecule has 0 bridgehead atoms. The lowest BCUT2D eigenvalue weighted by Crippen LogP contribution is -2.05. The molecular weight excluding hydrogens is 296 g/mol. The SMILES string of the molecule is Cc1cccc(-c2nnc(COC(=O)c3cccc(O)c3)o2)c1. The van der Waals surface area contributed by atoms with Crippen molar-refractivity contribution in [3.63, 3.8) is 0 Å². The van der Waals surface area contributed by atoms with Gasteiger partial charge in [0.1, 0.15) is 5.75 Å². The lowest BCUT2D eigenvalue weighted by molar-refractivity contribution is 0.0438. The lowest BCUT2D eigenvalue weighted by Gasteiger charge is -2.02. The second-order valence-corrected chi connectivity index (χ2v) is 5.00. The fraction of sp³-hybridized carbons (Fsp3) is 0.118. The number of carbonyl (C=O) groups is 1. The predicted molar refractivity (Wildman–Crippen MR) is 81.7 cm³/mol. The molecule has 0 atom stereocenters. The van der Waals surface area contributed by atoms with Gasteiger partial charge in [-0.05, 0) is 37.3 Å². The topological polar surface area (TPSA) is 85.5 Å². The van der Waals surface area contributed by atoms with E-state index in [0.29, 0.717) is 5.89 Å². The Morgan fingerprint density at radius 2 is 2.00 bits per heavy atom. The van der Waals surface area contributed by atoms with Crippen LogP contribution in [0.2, 0.25) is 0 Å². The summed E-state index contributed by atoms with van der Waals surface area (Å²) in [5, 5.41) is 17.2. The molecule has 6 heteroatoms. The number of phenolic OH excluding ortho intramolecular Hbond substituents is 1. The van der Waals surface area contributed by atoms with Gasteiger partial charge in [-0.25, -0.2) is 4.79 Å². The van der Waals surface area contributed by atoms with E-state index in [1.54, 1.807) is 12.1 Å². The van der Waals surface area contributed by atoms with Crippen LogP contribution in [0.4, 0.5) is 0 Å². The van der Waals surface area contributed by atoms with Crippen LogP contribution in [0, 0.1) is 6.92 Å². The number of phenols is 1. The van der Waals surface area contributed by atoms with Crippen LogP contribution in [-0.2, 0) is 11.3 Å². The molecule has 0 spiro atoms. The normalized spacial score (nSPS) is 10.5. The first-order valence-electron chi connectivity index (χ1n) is 6.97. The van der Waals surface area contributed by atoms with E-state index in [9.17, 15) is 9.90 Å². The molecule has 0 amide bonds. The Kier molecular flexibility index (Phi) is 4.05. The molecule has 0 aliphatic carbocycles. The summed E-state index contributed by atoms with van der Waals surface area (Å²) >= 11 is 0. The highest BCUT2D eigenvalue weighted by Crippen LogP contribution is 2.19. The van der Waals surface area contributed by atoms with Crippen LogP contribution in [0.1, 0.15) is 21.8 Å². The van der Waals surface area contributed by atoms with Gasteiger partial charge in [-0.1, -0.05) is 23.8 Å². The molecule has 2 aromatic carbocycles. The summed E-state index contributed by atoms with van der Waals surface area (Å²) in [6.45, 7) is 1.84. The lowest BCUT2D eigenvalue weighted by atomic mass is 10.1. The number of hydrogen-bond acceptors (Lipinski definition) is 6. The van der Waals surface area contributed by atoms with Crippen molar-refractivity contribution >= 4 is 5.97 Å². The summed E-state index contributed by atoms with van der Waals surface area (Å²) in [4.78, 5) is 11.9. The average Bonchev–Trinajstić information content (AvgIpc) is 3.01. The van der Waals surface area contributed by atoms with E-state index in [4.69, 9.17) is 9.15 Å². The number of aryl methyl sites for hydroxylation is 1. The van der Waals surface area contributed by atoms with Crippen molar-refractivity contribution in [2.45, 2.75) is 13.5 Å². The third-order valence-electron chi connectivity index (χ3n) is 3.14. The zero-order chi connectivity index (χ0) is 16.2. The summed E-state index contributed by atoms with van der Waals surface area (Å²) in [7, 11) is 0. The minimum Gasteiger partial charge on any atom is -0.508 e. The Hall–Kier alpha value is -3.15. The van der Waals surface area contributed by atoms with Crippen LogP contribution >= 0.6 is 0 Å². The Morgan fingerprint density at radius 1 is 1.17 bits per heavy atom. The maximum Gasteiger partial charge on any atom is 0.338 e. The van der Waals surface area contributed by atoms with Crippen molar-refractivity contribution in [2.75, 3.05) is 0 Å². The molecule has 3 rings (SSSR count). The van der Waals surface area contributed by atoms with Crippen molar-refractivity contribution in [1.82, 2.24) is 10.2 Å². The zero-order valence-corrected chi connectivity index (χ0v) is 12.4. The van der Waals surface area contributed by atoms with Gasteiger partial charge in [0.25, 0.3) is 5.89 Å². The van der Waals surface area contributed by atoms with Crippen molar-refractivity contribution in [2.24, 2.45) is 0 Å². The maximum absolute atomic E-state index is 11.9. The molecule has 0 fully saturated rings. The van der Waals surface area contributed by atoms with Crippen LogP contribution in [0.25, 0.3) is 11.5 Å². The van der Waals surface area contributed by atoms with Crippen LogP contribution in [-0.4, -0.2) is 21.3 Å². The fourth-order valence-electron chi connectivity index (χ4n) is 2.05. The molecule has 1 aromatic heterocycles. The number of nitrogens with zero attached hydrogens (tertiary/aromatic N) is 2. The van der Waals surface area contributed by atoms with E-state index < -0.39 is 5.97 Å². The molecule has 0 aliphatic rings. The Morgan fingerprint density at radius 3 is 2.78 bits per heavy atom.